The van der Waals surface area contributed by atoms with Crippen molar-refractivity contribution in [3.63, 3.8) is 0 Å². The molecule has 0 bridgehead atoms. The molecule has 5 heteroatoms. The normalized spacial score (nSPS) is 10.3. The number of rotatable bonds is 4. The highest BCUT2D eigenvalue weighted by atomic mass is 35.5. The lowest BCUT2D eigenvalue weighted by atomic mass is 10.2. The predicted molar refractivity (Wildman–Crippen MR) is 84.5 cm³/mol. The number of pyridine rings is 1. The van der Waals surface area contributed by atoms with E-state index in [1.165, 1.54) is 29.1 Å². The van der Waals surface area contributed by atoms with E-state index in [2.05, 4.69) is 23.3 Å². The summed E-state index contributed by atoms with van der Waals surface area (Å²) < 4.78 is 0. The fourth-order valence-electron chi connectivity index (χ4n) is 1.73. The number of carbonyl (C=O) groups excluding carboxylic acids is 1. The molecule has 0 atom stereocenters. The molecule has 0 unspecified atom stereocenters. The Kier molecular flexibility index (Phi) is 5.04. The number of thioether (sulfide) groups is 1. The number of anilines is 1. The summed E-state index contributed by atoms with van der Waals surface area (Å²) in [5.41, 5.74) is 2.41. The molecule has 0 fully saturated rings. The van der Waals surface area contributed by atoms with E-state index in [9.17, 15) is 4.79 Å². The van der Waals surface area contributed by atoms with Gasteiger partial charge in [-0.05, 0) is 37.6 Å². The molecule has 0 saturated carbocycles. The molecule has 0 radical (unpaired) electrons. The Morgan fingerprint density at radius 3 is 2.75 bits per heavy atom. The highest BCUT2D eigenvalue weighted by Gasteiger charge is 2.06. The molecule has 0 aliphatic rings. The topological polar surface area (TPSA) is 42.0 Å². The quantitative estimate of drug-likeness (QED) is 0.865. The maximum Gasteiger partial charge on any atom is 0.235 e. The molecular formula is C15H15ClN2OS. The average molecular weight is 307 g/mol. The first kappa shape index (κ1) is 14.9. The van der Waals surface area contributed by atoms with Crippen molar-refractivity contribution < 1.29 is 4.79 Å². The second-order valence-corrected chi connectivity index (χ2v) is 5.92. The lowest BCUT2D eigenvalue weighted by Gasteiger charge is -2.07. The van der Waals surface area contributed by atoms with Crippen LogP contribution in [0.5, 0.6) is 0 Å². The van der Waals surface area contributed by atoms with Gasteiger partial charge in [0.05, 0.1) is 10.8 Å². The minimum atomic E-state index is -0.0789. The summed E-state index contributed by atoms with van der Waals surface area (Å²) in [6, 6.07) is 9.58. The third-order valence-corrected chi connectivity index (χ3v) is 4.08. The Bertz CT molecular complexity index is 614. The number of benzene rings is 1. The summed E-state index contributed by atoms with van der Waals surface area (Å²) in [6.45, 7) is 4.11. The Labute approximate surface area is 127 Å². The third-order valence-electron chi connectivity index (χ3n) is 2.68. The van der Waals surface area contributed by atoms with Crippen LogP contribution in [0.25, 0.3) is 0 Å². The molecule has 2 rings (SSSR count). The molecule has 3 nitrogen and oxygen atoms in total. The first-order chi connectivity index (χ1) is 9.54. The SMILES string of the molecule is Cc1ccc(SCC(=O)Nc2ccc(Cl)cn2)c(C)c1. The maximum atomic E-state index is 11.8. The molecule has 0 aliphatic carbocycles. The van der Waals surface area contributed by atoms with E-state index in [0.29, 0.717) is 16.6 Å². The summed E-state index contributed by atoms with van der Waals surface area (Å²) in [7, 11) is 0. The third kappa shape index (κ3) is 4.25. The predicted octanol–water partition coefficient (Wildman–Crippen LogP) is 4.08. The molecule has 0 saturated heterocycles. The molecule has 1 heterocycles. The monoisotopic (exact) mass is 306 g/mol. The second-order valence-electron chi connectivity index (χ2n) is 4.47. The first-order valence-electron chi connectivity index (χ1n) is 6.16. The van der Waals surface area contributed by atoms with E-state index in [4.69, 9.17) is 11.6 Å². The number of aromatic nitrogens is 1. The zero-order chi connectivity index (χ0) is 14.5. The van der Waals surface area contributed by atoms with Crippen LogP contribution in [0.3, 0.4) is 0 Å². The minimum absolute atomic E-state index is 0.0789. The van der Waals surface area contributed by atoms with Crippen LogP contribution in [0.2, 0.25) is 5.02 Å². The lowest BCUT2D eigenvalue weighted by molar-refractivity contribution is -0.113. The molecule has 104 valence electrons. The van der Waals surface area contributed by atoms with Crippen molar-refractivity contribution in [3.05, 3.63) is 52.7 Å². The van der Waals surface area contributed by atoms with E-state index in [1.54, 1.807) is 12.1 Å². The van der Waals surface area contributed by atoms with Crippen LogP contribution in [-0.2, 0) is 4.79 Å². The largest absolute Gasteiger partial charge is 0.310 e. The molecular weight excluding hydrogens is 292 g/mol. The van der Waals surface area contributed by atoms with Crippen LogP contribution < -0.4 is 5.32 Å². The number of carbonyl (C=O) groups is 1. The van der Waals surface area contributed by atoms with Gasteiger partial charge in [0.15, 0.2) is 0 Å². The van der Waals surface area contributed by atoms with Gasteiger partial charge in [0.1, 0.15) is 5.82 Å². The van der Waals surface area contributed by atoms with Crippen LogP contribution in [0, 0.1) is 13.8 Å². The Morgan fingerprint density at radius 2 is 2.10 bits per heavy atom. The number of hydrogen-bond acceptors (Lipinski definition) is 3. The van der Waals surface area contributed by atoms with Gasteiger partial charge in [-0.1, -0.05) is 29.3 Å². The van der Waals surface area contributed by atoms with Crippen molar-refractivity contribution in [2.75, 3.05) is 11.1 Å². The molecule has 1 N–H and O–H groups in total. The van der Waals surface area contributed by atoms with Gasteiger partial charge in [0.25, 0.3) is 0 Å². The number of nitrogens with one attached hydrogen (secondary N) is 1. The van der Waals surface area contributed by atoms with Gasteiger partial charge >= 0.3 is 0 Å². The van der Waals surface area contributed by atoms with E-state index in [-0.39, 0.29) is 5.91 Å². The molecule has 20 heavy (non-hydrogen) atoms. The van der Waals surface area contributed by atoms with Crippen LogP contribution in [0.15, 0.2) is 41.4 Å². The molecule has 1 aromatic carbocycles. The zero-order valence-corrected chi connectivity index (χ0v) is 12.9. The number of hydrogen-bond donors (Lipinski definition) is 1. The van der Waals surface area contributed by atoms with Crippen molar-refractivity contribution in [1.82, 2.24) is 4.98 Å². The number of amides is 1. The summed E-state index contributed by atoms with van der Waals surface area (Å²) in [4.78, 5) is 17.0. The summed E-state index contributed by atoms with van der Waals surface area (Å²) in [6.07, 6.45) is 1.51. The van der Waals surface area contributed by atoms with Gasteiger partial charge < -0.3 is 5.32 Å². The minimum Gasteiger partial charge on any atom is -0.310 e. The number of halogens is 1. The van der Waals surface area contributed by atoms with Gasteiger partial charge in [-0.15, -0.1) is 11.8 Å². The first-order valence-corrected chi connectivity index (χ1v) is 7.52. The van der Waals surface area contributed by atoms with E-state index < -0.39 is 0 Å². The molecule has 1 aromatic heterocycles. The summed E-state index contributed by atoms with van der Waals surface area (Å²) in [5.74, 6) is 0.791. The van der Waals surface area contributed by atoms with Crippen LogP contribution in [0.1, 0.15) is 11.1 Å². The number of aryl methyl sites for hydroxylation is 2. The maximum absolute atomic E-state index is 11.8. The Hall–Kier alpha value is -1.52. The van der Waals surface area contributed by atoms with Crippen molar-refractivity contribution in [1.29, 1.82) is 0 Å². The van der Waals surface area contributed by atoms with Gasteiger partial charge in [0, 0.05) is 11.1 Å². The van der Waals surface area contributed by atoms with Crippen molar-refractivity contribution in [3.8, 4) is 0 Å². The molecule has 1 amide bonds. The van der Waals surface area contributed by atoms with Crippen LogP contribution in [-0.4, -0.2) is 16.6 Å². The van der Waals surface area contributed by atoms with Crippen LogP contribution in [0.4, 0.5) is 5.82 Å². The Morgan fingerprint density at radius 1 is 1.30 bits per heavy atom. The smallest absolute Gasteiger partial charge is 0.235 e. The fraction of sp³-hybridized carbons (Fsp3) is 0.200. The fourth-order valence-corrected chi connectivity index (χ4v) is 2.65. The van der Waals surface area contributed by atoms with Crippen molar-refractivity contribution in [2.45, 2.75) is 18.7 Å². The second kappa shape index (κ2) is 6.77. The molecule has 2 aromatic rings. The van der Waals surface area contributed by atoms with Gasteiger partial charge in [-0.2, -0.15) is 0 Å². The zero-order valence-electron chi connectivity index (χ0n) is 11.3. The van der Waals surface area contributed by atoms with Gasteiger partial charge in [0.2, 0.25) is 5.91 Å². The highest BCUT2D eigenvalue weighted by molar-refractivity contribution is 8.00. The van der Waals surface area contributed by atoms with E-state index in [0.717, 1.165) is 4.90 Å². The van der Waals surface area contributed by atoms with Gasteiger partial charge in [-0.25, -0.2) is 4.98 Å². The molecule has 0 spiro atoms. The number of nitrogens with zero attached hydrogens (tertiary/aromatic N) is 1. The van der Waals surface area contributed by atoms with Crippen molar-refractivity contribution >= 4 is 35.1 Å². The van der Waals surface area contributed by atoms with Crippen LogP contribution >= 0.6 is 23.4 Å². The standard InChI is InChI=1S/C15H15ClN2OS/c1-10-3-5-13(11(2)7-10)20-9-15(19)18-14-6-4-12(16)8-17-14/h3-8H,9H2,1-2H3,(H,17,18,19). The highest BCUT2D eigenvalue weighted by Crippen LogP contribution is 2.23. The Balaban J connectivity index is 1.90. The van der Waals surface area contributed by atoms with Crippen molar-refractivity contribution in [2.24, 2.45) is 0 Å². The summed E-state index contributed by atoms with van der Waals surface area (Å²) >= 11 is 7.26. The average Bonchev–Trinajstić information content (AvgIpc) is 2.40. The van der Waals surface area contributed by atoms with E-state index >= 15 is 0 Å². The summed E-state index contributed by atoms with van der Waals surface area (Å²) in [5, 5.41) is 3.29. The lowest BCUT2D eigenvalue weighted by Crippen LogP contribution is -2.14. The van der Waals surface area contributed by atoms with E-state index in [1.807, 2.05) is 19.1 Å². The van der Waals surface area contributed by atoms with Gasteiger partial charge in [-0.3, -0.25) is 4.79 Å². The molecule has 0 aliphatic heterocycles.